The third kappa shape index (κ3) is 4.60. The highest BCUT2D eigenvalue weighted by molar-refractivity contribution is 5.88. The van der Waals surface area contributed by atoms with Gasteiger partial charge in [-0.25, -0.2) is 4.39 Å². The molecular weight excluding hydrogens is 355 g/mol. The number of aromatic nitrogens is 1. The third-order valence-electron chi connectivity index (χ3n) is 5.08. The fraction of sp³-hybridized carbons (Fsp3) is 0.348. The maximum atomic E-state index is 13.9. The van der Waals surface area contributed by atoms with Crippen LogP contribution in [0.4, 0.5) is 4.39 Å². The summed E-state index contributed by atoms with van der Waals surface area (Å²) in [5.41, 5.74) is 4.13. The van der Waals surface area contributed by atoms with E-state index < -0.39 is 0 Å². The van der Waals surface area contributed by atoms with Crippen LogP contribution in [0, 0.1) is 5.82 Å². The molecular formula is C23H27FN2O2. The fourth-order valence-electron chi connectivity index (χ4n) is 3.65. The maximum absolute atomic E-state index is 13.9. The Morgan fingerprint density at radius 1 is 1.25 bits per heavy atom. The van der Waals surface area contributed by atoms with E-state index in [2.05, 4.69) is 29.4 Å². The Hall–Kier alpha value is -2.66. The number of hydrogen-bond acceptors (Lipinski definition) is 2. The molecule has 0 fully saturated rings. The Balaban J connectivity index is 1.92. The minimum Gasteiger partial charge on any atom is -0.385 e. The van der Waals surface area contributed by atoms with E-state index in [0.717, 1.165) is 34.9 Å². The maximum Gasteiger partial charge on any atom is 0.220 e. The van der Waals surface area contributed by atoms with E-state index in [4.69, 9.17) is 4.74 Å². The van der Waals surface area contributed by atoms with Gasteiger partial charge in [-0.05, 0) is 41.7 Å². The molecule has 1 unspecified atom stereocenters. The summed E-state index contributed by atoms with van der Waals surface area (Å²) in [4.78, 5) is 15.9. The Labute approximate surface area is 165 Å². The number of hydrogen-bond donors (Lipinski definition) is 2. The number of fused-ring (bicyclic) bond motifs is 1. The highest BCUT2D eigenvalue weighted by Gasteiger charge is 2.22. The zero-order chi connectivity index (χ0) is 19.9. The first-order valence-corrected chi connectivity index (χ1v) is 9.74. The van der Waals surface area contributed by atoms with Crippen molar-refractivity contribution in [3.05, 3.63) is 71.2 Å². The Bertz CT molecular complexity index is 935. The topological polar surface area (TPSA) is 54.1 Å². The average molecular weight is 382 g/mol. The molecule has 5 heteroatoms. The molecule has 0 aliphatic heterocycles. The summed E-state index contributed by atoms with van der Waals surface area (Å²) < 4.78 is 18.9. The number of rotatable bonds is 9. The van der Waals surface area contributed by atoms with Crippen LogP contribution in [0.5, 0.6) is 0 Å². The van der Waals surface area contributed by atoms with Crippen LogP contribution in [0.1, 0.15) is 42.4 Å². The highest BCUT2D eigenvalue weighted by atomic mass is 19.1. The van der Waals surface area contributed by atoms with Crippen molar-refractivity contribution >= 4 is 16.8 Å². The Morgan fingerprint density at radius 3 is 2.82 bits per heavy atom. The monoisotopic (exact) mass is 382 g/mol. The number of H-pyrrole nitrogens is 1. The molecule has 0 aliphatic rings. The van der Waals surface area contributed by atoms with Crippen LogP contribution in [0.25, 0.3) is 10.9 Å². The predicted octanol–water partition coefficient (Wildman–Crippen LogP) is 4.54. The molecule has 1 amide bonds. The predicted molar refractivity (Wildman–Crippen MR) is 110 cm³/mol. The summed E-state index contributed by atoms with van der Waals surface area (Å²) in [6.45, 7) is 3.29. The summed E-state index contributed by atoms with van der Waals surface area (Å²) in [6, 6.07) is 12.7. The van der Waals surface area contributed by atoms with Gasteiger partial charge in [0, 0.05) is 49.7 Å². The second-order valence-electron chi connectivity index (χ2n) is 6.95. The molecule has 1 heterocycles. The average Bonchev–Trinajstić information content (AvgIpc) is 3.13. The van der Waals surface area contributed by atoms with Crippen LogP contribution in [0.15, 0.2) is 48.7 Å². The van der Waals surface area contributed by atoms with Crippen molar-refractivity contribution < 1.29 is 13.9 Å². The smallest absolute Gasteiger partial charge is 0.220 e. The van der Waals surface area contributed by atoms with E-state index in [1.807, 2.05) is 18.3 Å². The summed E-state index contributed by atoms with van der Waals surface area (Å²) in [5, 5.41) is 4.03. The van der Waals surface area contributed by atoms with E-state index in [1.54, 1.807) is 13.2 Å². The van der Waals surface area contributed by atoms with Crippen LogP contribution in [0.3, 0.4) is 0 Å². The zero-order valence-corrected chi connectivity index (χ0v) is 16.4. The highest BCUT2D eigenvalue weighted by Crippen LogP contribution is 2.34. The van der Waals surface area contributed by atoms with Gasteiger partial charge in [0.25, 0.3) is 0 Å². The number of aromatic amines is 1. The molecule has 0 bridgehead atoms. The number of amides is 1. The SMILES string of the molecule is CCc1cccc2c(C(CC(=O)NCCCOC)c3cccc(F)c3)c[nH]c12. The molecule has 1 atom stereocenters. The molecule has 0 radical (unpaired) electrons. The Kier molecular flexibility index (Phi) is 6.82. The molecule has 0 saturated carbocycles. The van der Waals surface area contributed by atoms with Crippen molar-refractivity contribution in [1.82, 2.24) is 10.3 Å². The molecule has 0 saturated heterocycles. The molecule has 2 aromatic carbocycles. The van der Waals surface area contributed by atoms with Crippen molar-refractivity contribution in [1.29, 1.82) is 0 Å². The lowest BCUT2D eigenvalue weighted by molar-refractivity contribution is -0.121. The van der Waals surface area contributed by atoms with E-state index in [-0.39, 0.29) is 24.1 Å². The summed E-state index contributed by atoms with van der Waals surface area (Å²) >= 11 is 0. The minimum absolute atomic E-state index is 0.0497. The molecule has 3 aromatic rings. The first kappa shape index (κ1) is 20.1. The van der Waals surface area contributed by atoms with Gasteiger partial charge >= 0.3 is 0 Å². The Morgan fingerprint density at radius 2 is 2.07 bits per heavy atom. The molecule has 1 aromatic heterocycles. The van der Waals surface area contributed by atoms with Gasteiger partial charge in [0.15, 0.2) is 0 Å². The quantitative estimate of drug-likeness (QED) is 0.534. The summed E-state index contributed by atoms with van der Waals surface area (Å²) in [5.74, 6) is -0.567. The van der Waals surface area contributed by atoms with Gasteiger partial charge in [-0.15, -0.1) is 0 Å². The van der Waals surface area contributed by atoms with Crippen molar-refractivity contribution in [2.24, 2.45) is 0 Å². The number of para-hydroxylation sites is 1. The second-order valence-corrected chi connectivity index (χ2v) is 6.95. The zero-order valence-electron chi connectivity index (χ0n) is 16.4. The molecule has 3 rings (SSSR count). The van der Waals surface area contributed by atoms with E-state index in [0.29, 0.717) is 13.2 Å². The van der Waals surface area contributed by atoms with Crippen molar-refractivity contribution in [3.8, 4) is 0 Å². The molecule has 4 nitrogen and oxygen atoms in total. The molecule has 148 valence electrons. The number of aryl methyl sites for hydroxylation is 1. The second kappa shape index (κ2) is 9.51. The number of nitrogens with one attached hydrogen (secondary N) is 2. The molecule has 0 aliphatic carbocycles. The number of halogens is 1. The van der Waals surface area contributed by atoms with E-state index >= 15 is 0 Å². The van der Waals surface area contributed by atoms with Gasteiger partial charge < -0.3 is 15.0 Å². The largest absolute Gasteiger partial charge is 0.385 e. The molecule has 28 heavy (non-hydrogen) atoms. The van der Waals surface area contributed by atoms with Crippen molar-refractivity contribution in [3.63, 3.8) is 0 Å². The first-order valence-electron chi connectivity index (χ1n) is 9.74. The summed E-state index contributed by atoms with van der Waals surface area (Å²) in [7, 11) is 1.64. The molecule has 0 spiro atoms. The lowest BCUT2D eigenvalue weighted by Crippen LogP contribution is -2.27. The number of methoxy groups -OCH3 is 1. The number of benzene rings is 2. The first-order chi connectivity index (χ1) is 13.6. The molecule has 2 N–H and O–H groups in total. The number of carbonyl (C=O) groups excluding carboxylic acids is 1. The normalized spacial score (nSPS) is 12.2. The lowest BCUT2D eigenvalue weighted by Gasteiger charge is -2.17. The van der Waals surface area contributed by atoms with Crippen LogP contribution >= 0.6 is 0 Å². The number of carbonyl (C=O) groups is 1. The van der Waals surface area contributed by atoms with Crippen LogP contribution in [-0.4, -0.2) is 31.2 Å². The van der Waals surface area contributed by atoms with Crippen molar-refractivity contribution in [2.75, 3.05) is 20.3 Å². The lowest BCUT2D eigenvalue weighted by atomic mass is 9.87. The van der Waals surface area contributed by atoms with Gasteiger partial charge in [-0.1, -0.05) is 37.3 Å². The van der Waals surface area contributed by atoms with Gasteiger partial charge in [0.2, 0.25) is 5.91 Å². The fourth-order valence-corrected chi connectivity index (χ4v) is 3.65. The van der Waals surface area contributed by atoms with E-state index in [1.165, 1.54) is 17.7 Å². The van der Waals surface area contributed by atoms with Gasteiger partial charge in [0.1, 0.15) is 5.82 Å². The van der Waals surface area contributed by atoms with Gasteiger partial charge in [-0.2, -0.15) is 0 Å². The van der Waals surface area contributed by atoms with Crippen LogP contribution in [-0.2, 0) is 16.0 Å². The van der Waals surface area contributed by atoms with Crippen LogP contribution in [0.2, 0.25) is 0 Å². The van der Waals surface area contributed by atoms with Gasteiger partial charge in [0.05, 0.1) is 0 Å². The third-order valence-corrected chi connectivity index (χ3v) is 5.08. The number of ether oxygens (including phenoxy) is 1. The van der Waals surface area contributed by atoms with Gasteiger partial charge in [-0.3, -0.25) is 4.79 Å². The summed E-state index contributed by atoms with van der Waals surface area (Å²) in [6.07, 6.45) is 3.90. The minimum atomic E-state index is -0.294. The standard InChI is InChI=1S/C23H27FN2O2/c1-3-16-7-5-10-19-21(15-26-23(16)19)20(17-8-4-9-18(24)13-17)14-22(27)25-11-6-12-28-2/h4-5,7-10,13,15,20,26H,3,6,11-12,14H2,1-2H3,(H,25,27). The van der Waals surface area contributed by atoms with Crippen molar-refractivity contribution in [2.45, 2.75) is 32.1 Å². The van der Waals surface area contributed by atoms with E-state index in [9.17, 15) is 9.18 Å². The van der Waals surface area contributed by atoms with Crippen LogP contribution < -0.4 is 5.32 Å².